The number of nitrogen functional groups attached to an aromatic ring is 1. The summed E-state index contributed by atoms with van der Waals surface area (Å²) in [6, 6.07) is 0.505. The highest BCUT2D eigenvalue weighted by atomic mass is 32.1. The maximum atomic E-state index is 5.78. The molecule has 0 spiro atoms. The van der Waals surface area contributed by atoms with Crippen LogP contribution in [0.3, 0.4) is 0 Å². The minimum atomic E-state index is 0.493. The van der Waals surface area contributed by atoms with Gasteiger partial charge in [0.2, 0.25) is 0 Å². The summed E-state index contributed by atoms with van der Waals surface area (Å²) in [4.78, 5) is 2.35. The number of hydrogen-bond donors (Lipinski definition) is 2. The van der Waals surface area contributed by atoms with E-state index < -0.39 is 0 Å². The minimum absolute atomic E-state index is 0.493. The monoisotopic (exact) mass is 256 g/mol. The second-order valence-corrected chi connectivity index (χ2v) is 5.15. The number of likely N-dealkylation sites (tertiary alicyclic amines) is 1. The van der Waals surface area contributed by atoms with Crippen LogP contribution in [0.5, 0.6) is 5.75 Å². The maximum Gasteiger partial charge on any atom is 0.197 e. The van der Waals surface area contributed by atoms with Gasteiger partial charge in [0.1, 0.15) is 0 Å². The van der Waals surface area contributed by atoms with Gasteiger partial charge in [0.15, 0.2) is 16.6 Å². The van der Waals surface area contributed by atoms with Crippen LogP contribution in [0.2, 0.25) is 0 Å². The number of rotatable bonds is 4. The zero-order valence-electron chi connectivity index (χ0n) is 10.4. The standard InChI is InChI=1S/C11H20N4OS/c1-3-16-9-10(12)14-17-11(9)13-8-4-6-15(2)7-5-8/h8,13H,3-7H2,1-2H3,(H2,12,14). The average Bonchev–Trinajstić information content (AvgIpc) is 2.65. The molecule has 1 aliphatic rings. The molecule has 1 fully saturated rings. The minimum Gasteiger partial charge on any atom is -0.487 e. The van der Waals surface area contributed by atoms with E-state index in [1.54, 1.807) is 0 Å². The molecule has 0 bridgehead atoms. The molecule has 1 aromatic heterocycles. The highest BCUT2D eigenvalue weighted by Crippen LogP contribution is 2.36. The lowest BCUT2D eigenvalue weighted by molar-refractivity contribution is 0.263. The Balaban J connectivity index is 1.98. The van der Waals surface area contributed by atoms with Gasteiger partial charge in [-0.2, -0.15) is 4.37 Å². The van der Waals surface area contributed by atoms with Crippen LogP contribution in [-0.2, 0) is 0 Å². The average molecular weight is 256 g/mol. The van der Waals surface area contributed by atoms with Crippen LogP contribution >= 0.6 is 11.5 Å². The largest absolute Gasteiger partial charge is 0.487 e. The summed E-state index contributed by atoms with van der Waals surface area (Å²) >= 11 is 1.39. The first-order valence-electron chi connectivity index (χ1n) is 6.03. The van der Waals surface area contributed by atoms with Crippen LogP contribution in [0.25, 0.3) is 0 Å². The lowest BCUT2D eigenvalue weighted by Crippen LogP contribution is -2.36. The molecule has 2 heterocycles. The summed E-state index contributed by atoms with van der Waals surface area (Å²) in [6.45, 7) is 4.84. The second kappa shape index (κ2) is 5.55. The molecule has 0 saturated carbocycles. The molecule has 1 aliphatic heterocycles. The summed E-state index contributed by atoms with van der Waals surface area (Å²) in [5.41, 5.74) is 5.78. The molecule has 96 valence electrons. The third-order valence-electron chi connectivity index (χ3n) is 3.02. The predicted molar refractivity (Wildman–Crippen MR) is 71.8 cm³/mol. The molecular weight excluding hydrogens is 236 g/mol. The first-order valence-corrected chi connectivity index (χ1v) is 6.81. The summed E-state index contributed by atoms with van der Waals surface area (Å²) in [5, 5.41) is 4.47. The van der Waals surface area contributed by atoms with E-state index in [1.165, 1.54) is 11.5 Å². The second-order valence-electron chi connectivity index (χ2n) is 4.38. The van der Waals surface area contributed by atoms with Crippen LogP contribution in [0, 0.1) is 0 Å². The fourth-order valence-electron chi connectivity index (χ4n) is 2.01. The third-order valence-corrected chi connectivity index (χ3v) is 3.79. The van der Waals surface area contributed by atoms with Crippen molar-refractivity contribution in [3.63, 3.8) is 0 Å². The summed E-state index contributed by atoms with van der Waals surface area (Å²) in [5.74, 6) is 1.21. The molecule has 2 rings (SSSR count). The normalized spacial score (nSPS) is 18.2. The zero-order chi connectivity index (χ0) is 12.3. The van der Waals surface area contributed by atoms with Gasteiger partial charge in [-0.3, -0.25) is 0 Å². The Bertz CT molecular complexity index is 360. The zero-order valence-corrected chi connectivity index (χ0v) is 11.2. The summed E-state index contributed by atoms with van der Waals surface area (Å²) in [7, 11) is 2.16. The molecule has 3 N–H and O–H groups in total. The molecule has 6 heteroatoms. The maximum absolute atomic E-state index is 5.78. The smallest absolute Gasteiger partial charge is 0.197 e. The Morgan fingerprint density at radius 3 is 2.88 bits per heavy atom. The Morgan fingerprint density at radius 1 is 1.53 bits per heavy atom. The van der Waals surface area contributed by atoms with Crippen molar-refractivity contribution in [1.82, 2.24) is 9.27 Å². The molecule has 0 radical (unpaired) electrons. The molecule has 5 nitrogen and oxygen atoms in total. The number of nitrogens with one attached hydrogen (secondary N) is 1. The number of nitrogens with zero attached hydrogens (tertiary/aromatic N) is 2. The Morgan fingerprint density at radius 2 is 2.24 bits per heavy atom. The number of hydrogen-bond acceptors (Lipinski definition) is 6. The topological polar surface area (TPSA) is 63.4 Å². The van der Waals surface area contributed by atoms with Gasteiger partial charge in [0, 0.05) is 6.04 Å². The van der Waals surface area contributed by atoms with Gasteiger partial charge in [-0.05, 0) is 51.4 Å². The van der Waals surface area contributed by atoms with Crippen molar-refractivity contribution in [3.8, 4) is 5.75 Å². The van der Waals surface area contributed by atoms with Crippen molar-refractivity contribution in [2.24, 2.45) is 0 Å². The summed E-state index contributed by atoms with van der Waals surface area (Å²) < 4.78 is 9.66. The van der Waals surface area contributed by atoms with Gasteiger partial charge in [0.05, 0.1) is 6.61 Å². The fraction of sp³-hybridized carbons (Fsp3) is 0.727. The summed E-state index contributed by atoms with van der Waals surface area (Å²) in [6.07, 6.45) is 2.31. The van der Waals surface area contributed by atoms with E-state index >= 15 is 0 Å². The van der Waals surface area contributed by atoms with Crippen LogP contribution in [-0.4, -0.2) is 42.1 Å². The van der Waals surface area contributed by atoms with E-state index in [4.69, 9.17) is 10.5 Å². The van der Waals surface area contributed by atoms with E-state index in [0.29, 0.717) is 18.5 Å². The van der Waals surface area contributed by atoms with Crippen LogP contribution < -0.4 is 15.8 Å². The highest BCUT2D eigenvalue weighted by molar-refractivity contribution is 7.11. The molecule has 1 aromatic rings. The molecule has 0 atom stereocenters. The van der Waals surface area contributed by atoms with Gasteiger partial charge >= 0.3 is 0 Å². The Labute approximate surface area is 106 Å². The Hall–Kier alpha value is -1.01. The number of ether oxygens (including phenoxy) is 1. The predicted octanol–water partition coefficient (Wildman–Crippen LogP) is 1.63. The number of anilines is 2. The fourth-order valence-corrected chi connectivity index (χ4v) is 2.75. The molecule has 0 aromatic carbocycles. The molecule has 1 saturated heterocycles. The lowest BCUT2D eigenvalue weighted by Gasteiger charge is -2.29. The number of nitrogens with two attached hydrogens (primary N) is 1. The van der Waals surface area contributed by atoms with Crippen LogP contribution in [0.1, 0.15) is 19.8 Å². The first-order chi connectivity index (χ1) is 8.20. The molecule has 17 heavy (non-hydrogen) atoms. The van der Waals surface area contributed by atoms with Crippen molar-refractivity contribution in [3.05, 3.63) is 0 Å². The van der Waals surface area contributed by atoms with E-state index in [-0.39, 0.29) is 0 Å². The van der Waals surface area contributed by atoms with Gasteiger partial charge in [-0.1, -0.05) is 0 Å². The Kier molecular flexibility index (Phi) is 4.06. The van der Waals surface area contributed by atoms with Crippen LogP contribution in [0.15, 0.2) is 0 Å². The third kappa shape index (κ3) is 3.01. The SMILES string of the molecule is CCOc1c(N)nsc1NC1CCN(C)CC1. The van der Waals surface area contributed by atoms with Gasteiger partial charge in [0.25, 0.3) is 0 Å². The number of aromatic nitrogens is 1. The lowest BCUT2D eigenvalue weighted by atomic mass is 10.1. The van der Waals surface area contributed by atoms with Gasteiger partial charge < -0.3 is 20.7 Å². The van der Waals surface area contributed by atoms with Crippen molar-refractivity contribution < 1.29 is 4.74 Å². The van der Waals surface area contributed by atoms with Crippen molar-refractivity contribution in [2.75, 3.05) is 37.8 Å². The van der Waals surface area contributed by atoms with Crippen molar-refractivity contribution in [2.45, 2.75) is 25.8 Å². The first kappa shape index (κ1) is 12.4. The highest BCUT2D eigenvalue weighted by Gasteiger charge is 2.20. The quantitative estimate of drug-likeness (QED) is 0.857. The van der Waals surface area contributed by atoms with E-state index in [9.17, 15) is 0 Å². The van der Waals surface area contributed by atoms with E-state index in [0.717, 1.165) is 36.7 Å². The number of piperidine rings is 1. The molecule has 0 aliphatic carbocycles. The van der Waals surface area contributed by atoms with E-state index in [1.807, 2.05) is 6.92 Å². The molecular formula is C11H20N4OS. The van der Waals surface area contributed by atoms with Crippen LogP contribution in [0.4, 0.5) is 10.8 Å². The molecule has 0 amide bonds. The van der Waals surface area contributed by atoms with Crippen molar-refractivity contribution in [1.29, 1.82) is 0 Å². The van der Waals surface area contributed by atoms with Gasteiger partial charge in [-0.15, -0.1) is 0 Å². The molecule has 0 unspecified atom stereocenters. The van der Waals surface area contributed by atoms with E-state index in [2.05, 4.69) is 21.6 Å². The van der Waals surface area contributed by atoms with Gasteiger partial charge in [-0.25, -0.2) is 0 Å². The van der Waals surface area contributed by atoms with Crippen molar-refractivity contribution >= 4 is 22.4 Å².